The van der Waals surface area contributed by atoms with Crippen molar-refractivity contribution in [3.8, 4) is 0 Å². The lowest BCUT2D eigenvalue weighted by Crippen LogP contribution is -2.14. The molecule has 0 aliphatic carbocycles. The smallest absolute Gasteiger partial charge is 0.432 e. The van der Waals surface area contributed by atoms with Crippen LogP contribution in [0.2, 0.25) is 0 Å². The normalized spacial score (nSPS) is 11.7. The van der Waals surface area contributed by atoms with Gasteiger partial charge in [-0.1, -0.05) is 50.0 Å². The van der Waals surface area contributed by atoms with E-state index in [9.17, 15) is 9.59 Å². The molecule has 0 radical (unpaired) electrons. The fourth-order valence-corrected chi connectivity index (χ4v) is 2.97. The second-order valence-electron chi connectivity index (χ2n) is 7.91. The Morgan fingerprint density at radius 3 is 1.26 bits per heavy atom. The van der Waals surface area contributed by atoms with Crippen molar-refractivity contribution in [2.45, 2.75) is 90.9 Å². The number of carbonyl (C=O) groups is 2. The topological polar surface area (TPSA) is 80.3 Å². The fourth-order valence-electron chi connectivity index (χ4n) is 2.97. The van der Waals surface area contributed by atoms with Crippen LogP contribution < -0.4 is 0 Å². The highest BCUT2D eigenvalue weighted by molar-refractivity contribution is 5.60. The lowest BCUT2D eigenvalue weighted by molar-refractivity contribution is 0.0201. The van der Waals surface area contributed by atoms with Gasteiger partial charge in [0.1, 0.15) is 13.2 Å². The molecule has 0 amide bonds. The number of allylic oxidation sites excluding steroid dienone is 6. The largest absolute Gasteiger partial charge is 0.513 e. The van der Waals surface area contributed by atoms with Crippen molar-refractivity contribution in [3.63, 3.8) is 0 Å². The number of unbranched alkanes of at least 4 members (excludes halogenated alkanes) is 10. The van der Waals surface area contributed by atoms with Gasteiger partial charge in [0.25, 0.3) is 0 Å². The first kappa shape index (κ1) is 32.5. The molecular formula is C28H46O7. The summed E-state index contributed by atoms with van der Waals surface area (Å²) < 4.78 is 24.7. The van der Waals surface area contributed by atoms with Crippen molar-refractivity contribution in [2.75, 3.05) is 26.4 Å². The number of hydrogen-bond donors (Lipinski definition) is 0. The Morgan fingerprint density at radius 2 is 0.886 bits per heavy atom. The third kappa shape index (κ3) is 27.6. The lowest BCUT2D eigenvalue weighted by atomic mass is 10.1. The van der Waals surface area contributed by atoms with E-state index in [2.05, 4.69) is 24.3 Å². The first-order valence-electron chi connectivity index (χ1n) is 13.0. The van der Waals surface area contributed by atoms with Crippen LogP contribution in [0, 0.1) is 0 Å². The van der Waals surface area contributed by atoms with Gasteiger partial charge in [0.2, 0.25) is 0 Å². The van der Waals surface area contributed by atoms with E-state index in [-0.39, 0.29) is 26.4 Å². The Morgan fingerprint density at radius 1 is 0.514 bits per heavy atom. The van der Waals surface area contributed by atoms with E-state index in [4.69, 9.17) is 23.7 Å². The van der Waals surface area contributed by atoms with Crippen LogP contribution in [0.1, 0.15) is 90.9 Å². The number of carbonyl (C=O) groups excluding carboxylic acids is 2. The minimum atomic E-state index is -0.767. The highest BCUT2D eigenvalue weighted by Crippen LogP contribution is 2.07. The van der Waals surface area contributed by atoms with E-state index in [0.717, 1.165) is 38.5 Å². The average Bonchev–Trinajstić information content (AvgIpc) is 2.85. The molecule has 0 aromatic rings. The van der Waals surface area contributed by atoms with Crippen molar-refractivity contribution in [2.24, 2.45) is 0 Å². The van der Waals surface area contributed by atoms with Gasteiger partial charge in [0, 0.05) is 0 Å². The summed E-state index contributed by atoms with van der Waals surface area (Å²) in [7, 11) is 0. The molecule has 0 aliphatic heterocycles. The summed E-state index contributed by atoms with van der Waals surface area (Å²) >= 11 is 0. The molecule has 0 fully saturated rings. The highest BCUT2D eigenvalue weighted by atomic mass is 16.7. The molecule has 0 aromatic heterocycles. The fraction of sp³-hybridized carbons (Fsp3) is 0.643. The molecule has 35 heavy (non-hydrogen) atoms. The van der Waals surface area contributed by atoms with Crippen molar-refractivity contribution in [3.05, 3.63) is 49.0 Å². The maximum Gasteiger partial charge on any atom is 0.513 e. The van der Waals surface area contributed by atoms with Crippen LogP contribution >= 0.6 is 0 Å². The summed E-state index contributed by atoms with van der Waals surface area (Å²) in [5, 5.41) is 0. The zero-order valence-electron chi connectivity index (χ0n) is 21.8. The molecule has 200 valence electrons. The summed E-state index contributed by atoms with van der Waals surface area (Å²) in [6, 6.07) is 0. The Kier molecular flexibility index (Phi) is 25.7. The first-order valence-corrected chi connectivity index (χ1v) is 13.0. The average molecular weight is 495 g/mol. The first-order chi connectivity index (χ1) is 17.2. The molecular weight excluding hydrogens is 448 g/mol. The van der Waals surface area contributed by atoms with Crippen LogP contribution in [0.15, 0.2) is 49.0 Å². The Balaban J connectivity index is 3.41. The quantitative estimate of drug-likeness (QED) is 0.0649. The van der Waals surface area contributed by atoms with Crippen LogP contribution in [0.4, 0.5) is 9.59 Å². The molecule has 7 nitrogen and oxygen atoms in total. The maximum atomic E-state index is 11.4. The molecule has 0 unspecified atom stereocenters. The number of rotatable bonds is 22. The van der Waals surface area contributed by atoms with Gasteiger partial charge in [-0.05, 0) is 77.4 Å². The molecule has 7 heteroatoms. The Hall–Kier alpha value is -2.54. The van der Waals surface area contributed by atoms with E-state index < -0.39 is 12.3 Å². The number of ether oxygens (including phenoxy) is 5. The van der Waals surface area contributed by atoms with E-state index in [1.54, 1.807) is 0 Å². The highest BCUT2D eigenvalue weighted by Gasteiger charge is 2.03. The SMILES string of the molecule is C/C=C/CCCCCC/C=C/OC(=O)OCCOCCOC(=O)O/C=C/CCCCCC/C=C/C. The lowest BCUT2D eigenvalue weighted by Gasteiger charge is -2.06. The van der Waals surface area contributed by atoms with Crippen LogP contribution in [0.25, 0.3) is 0 Å². The van der Waals surface area contributed by atoms with Gasteiger partial charge in [-0.2, -0.15) is 0 Å². The van der Waals surface area contributed by atoms with E-state index in [1.165, 1.54) is 51.0 Å². The predicted octanol–water partition coefficient (Wildman–Crippen LogP) is 8.17. The van der Waals surface area contributed by atoms with Gasteiger partial charge >= 0.3 is 12.3 Å². The van der Waals surface area contributed by atoms with Crippen LogP contribution in [-0.2, 0) is 23.7 Å². The van der Waals surface area contributed by atoms with Gasteiger partial charge in [0.15, 0.2) is 0 Å². The molecule has 0 rings (SSSR count). The van der Waals surface area contributed by atoms with Crippen LogP contribution in [0.5, 0.6) is 0 Å². The zero-order valence-corrected chi connectivity index (χ0v) is 21.8. The standard InChI is InChI=1S/C28H46O7/c1-3-5-7-9-11-13-15-17-19-21-32-27(29)34-25-23-31-24-26-35-28(30)33-22-20-18-16-14-12-10-8-6-4-2/h3-6,19-22H,7-18,23-26H2,1-2H3/b5-3+,6-4+,21-19+,22-20+. The van der Waals surface area contributed by atoms with E-state index >= 15 is 0 Å². The molecule has 0 N–H and O–H groups in total. The minimum Gasteiger partial charge on any atom is -0.432 e. The zero-order chi connectivity index (χ0) is 25.7. The molecule has 0 atom stereocenters. The van der Waals surface area contributed by atoms with E-state index in [0.29, 0.717) is 0 Å². The second-order valence-corrected chi connectivity index (χ2v) is 7.91. The summed E-state index contributed by atoms with van der Waals surface area (Å²) in [5.74, 6) is 0. The third-order valence-corrected chi connectivity index (χ3v) is 4.87. The molecule has 0 heterocycles. The summed E-state index contributed by atoms with van der Waals surface area (Å²) in [4.78, 5) is 22.9. The molecule has 0 aromatic carbocycles. The number of hydrogen-bond acceptors (Lipinski definition) is 7. The summed E-state index contributed by atoms with van der Waals surface area (Å²) in [5.41, 5.74) is 0. The van der Waals surface area contributed by atoms with Crippen molar-refractivity contribution in [1.29, 1.82) is 0 Å². The van der Waals surface area contributed by atoms with Crippen molar-refractivity contribution < 1.29 is 33.3 Å². The summed E-state index contributed by atoms with van der Waals surface area (Å²) in [6.07, 6.45) is 26.7. The molecule has 0 saturated heterocycles. The van der Waals surface area contributed by atoms with Crippen molar-refractivity contribution >= 4 is 12.3 Å². The molecule has 0 spiro atoms. The van der Waals surface area contributed by atoms with Gasteiger partial charge in [0.05, 0.1) is 25.7 Å². The van der Waals surface area contributed by atoms with Crippen LogP contribution in [0.3, 0.4) is 0 Å². The van der Waals surface area contributed by atoms with Gasteiger partial charge in [-0.15, -0.1) is 0 Å². The molecule has 0 bridgehead atoms. The van der Waals surface area contributed by atoms with Gasteiger partial charge < -0.3 is 23.7 Å². The second kappa shape index (κ2) is 27.7. The minimum absolute atomic E-state index is 0.0569. The maximum absolute atomic E-state index is 11.4. The molecule has 0 saturated carbocycles. The third-order valence-electron chi connectivity index (χ3n) is 4.87. The monoisotopic (exact) mass is 494 g/mol. The van der Waals surface area contributed by atoms with Crippen LogP contribution in [-0.4, -0.2) is 38.7 Å². The van der Waals surface area contributed by atoms with Crippen molar-refractivity contribution in [1.82, 2.24) is 0 Å². The molecule has 0 aliphatic rings. The predicted molar refractivity (Wildman–Crippen MR) is 139 cm³/mol. The van der Waals surface area contributed by atoms with Gasteiger partial charge in [-0.3, -0.25) is 0 Å². The van der Waals surface area contributed by atoms with E-state index in [1.807, 2.05) is 26.0 Å². The van der Waals surface area contributed by atoms with Gasteiger partial charge in [-0.25, -0.2) is 9.59 Å². The Bertz CT molecular complexity index is 556. The summed E-state index contributed by atoms with van der Waals surface area (Å²) in [6.45, 7) is 4.55. The Labute approximate surface area is 212 Å².